The van der Waals surface area contributed by atoms with Gasteiger partial charge < -0.3 is 10.6 Å². The molecule has 1 amide bonds. The molecule has 1 atom stereocenters. The molecule has 104 valence electrons. The van der Waals surface area contributed by atoms with Gasteiger partial charge in [-0.3, -0.25) is 9.78 Å². The zero-order chi connectivity index (χ0) is 14.1. The molecule has 3 rings (SSSR count). The van der Waals surface area contributed by atoms with Crippen LogP contribution >= 0.6 is 0 Å². The third-order valence-electron chi connectivity index (χ3n) is 4.08. The van der Waals surface area contributed by atoms with E-state index in [1.807, 2.05) is 37.4 Å². The molecule has 1 aromatic heterocycles. The van der Waals surface area contributed by atoms with Crippen LogP contribution in [0, 0.1) is 5.92 Å². The number of carbonyl (C=O) groups is 1. The molecule has 20 heavy (non-hydrogen) atoms. The normalized spacial score (nSPS) is 16.1. The molecule has 0 radical (unpaired) electrons. The number of pyridine rings is 1. The second kappa shape index (κ2) is 5.21. The summed E-state index contributed by atoms with van der Waals surface area (Å²) < 4.78 is 0. The Kier molecular flexibility index (Phi) is 3.40. The summed E-state index contributed by atoms with van der Waals surface area (Å²) in [5, 5.41) is 0.988. The van der Waals surface area contributed by atoms with E-state index in [0.29, 0.717) is 18.0 Å². The smallest absolute Gasteiger partial charge is 0.253 e. The quantitative estimate of drug-likeness (QED) is 0.924. The molecule has 1 unspecified atom stereocenters. The third kappa shape index (κ3) is 2.39. The van der Waals surface area contributed by atoms with Crippen LogP contribution in [0.2, 0.25) is 0 Å². The second-order valence-corrected chi connectivity index (χ2v) is 5.47. The maximum Gasteiger partial charge on any atom is 0.253 e. The van der Waals surface area contributed by atoms with Crippen LogP contribution in [0.4, 0.5) is 0 Å². The number of aromatic nitrogens is 1. The summed E-state index contributed by atoms with van der Waals surface area (Å²) in [7, 11) is 1.85. The SMILES string of the molecule is CN(C(=O)c1ccc2ncccc2c1)C(CN)C1CC1. The first-order chi connectivity index (χ1) is 9.70. The second-order valence-electron chi connectivity index (χ2n) is 5.47. The van der Waals surface area contributed by atoms with Crippen molar-refractivity contribution in [2.75, 3.05) is 13.6 Å². The van der Waals surface area contributed by atoms with Crippen molar-refractivity contribution in [1.82, 2.24) is 9.88 Å². The van der Waals surface area contributed by atoms with E-state index in [2.05, 4.69) is 4.98 Å². The Balaban J connectivity index is 1.87. The third-order valence-corrected chi connectivity index (χ3v) is 4.08. The zero-order valence-corrected chi connectivity index (χ0v) is 11.6. The van der Waals surface area contributed by atoms with E-state index in [4.69, 9.17) is 5.73 Å². The highest BCUT2D eigenvalue weighted by molar-refractivity contribution is 5.98. The lowest BCUT2D eigenvalue weighted by atomic mass is 10.1. The van der Waals surface area contributed by atoms with Crippen molar-refractivity contribution in [2.45, 2.75) is 18.9 Å². The molecule has 0 bridgehead atoms. The first-order valence-electron chi connectivity index (χ1n) is 7.02. The van der Waals surface area contributed by atoms with Crippen LogP contribution in [0.1, 0.15) is 23.2 Å². The van der Waals surface area contributed by atoms with E-state index in [0.717, 1.165) is 10.9 Å². The Morgan fingerprint density at radius 1 is 1.45 bits per heavy atom. The predicted molar refractivity (Wildman–Crippen MR) is 79.4 cm³/mol. The Labute approximate surface area is 118 Å². The number of carbonyl (C=O) groups excluding carboxylic acids is 1. The molecule has 2 N–H and O–H groups in total. The molecule has 4 nitrogen and oxygen atoms in total. The van der Waals surface area contributed by atoms with E-state index in [1.54, 1.807) is 11.1 Å². The Hall–Kier alpha value is -1.94. The van der Waals surface area contributed by atoms with Gasteiger partial charge in [-0.05, 0) is 43.0 Å². The molecule has 1 saturated carbocycles. The fraction of sp³-hybridized carbons (Fsp3) is 0.375. The van der Waals surface area contributed by atoms with Gasteiger partial charge in [0.1, 0.15) is 0 Å². The number of amides is 1. The minimum absolute atomic E-state index is 0.0399. The molecule has 4 heteroatoms. The van der Waals surface area contributed by atoms with Crippen molar-refractivity contribution in [3.8, 4) is 0 Å². The van der Waals surface area contributed by atoms with Gasteiger partial charge in [-0.1, -0.05) is 6.07 Å². The van der Waals surface area contributed by atoms with Crippen molar-refractivity contribution in [3.63, 3.8) is 0 Å². The van der Waals surface area contributed by atoms with E-state index in [1.165, 1.54) is 12.8 Å². The number of nitrogens with zero attached hydrogens (tertiary/aromatic N) is 2. The summed E-state index contributed by atoms with van der Waals surface area (Å²) in [6.07, 6.45) is 4.12. The molecule has 0 spiro atoms. The lowest BCUT2D eigenvalue weighted by Gasteiger charge is -2.27. The molecule has 0 saturated heterocycles. The van der Waals surface area contributed by atoms with Crippen LogP contribution in [0.15, 0.2) is 36.5 Å². The van der Waals surface area contributed by atoms with Crippen LogP contribution < -0.4 is 5.73 Å². The van der Waals surface area contributed by atoms with Gasteiger partial charge in [-0.15, -0.1) is 0 Å². The lowest BCUT2D eigenvalue weighted by molar-refractivity contribution is 0.0719. The lowest BCUT2D eigenvalue weighted by Crippen LogP contribution is -2.43. The number of rotatable bonds is 4. The van der Waals surface area contributed by atoms with Crippen molar-refractivity contribution in [3.05, 3.63) is 42.1 Å². The summed E-state index contributed by atoms with van der Waals surface area (Å²) in [6, 6.07) is 9.65. The van der Waals surface area contributed by atoms with Gasteiger partial charge in [0.25, 0.3) is 5.91 Å². The summed E-state index contributed by atoms with van der Waals surface area (Å²) in [4.78, 5) is 18.6. The minimum Gasteiger partial charge on any atom is -0.337 e. The average molecular weight is 269 g/mol. The van der Waals surface area contributed by atoms with E-state index < -0.39 is 0 Å². The number of hydrogen-bond donors (Lipinski definition) is 1. The Bertz CT molecular complexity index is 636. The summed E-state index contributed by atoms with van der Waals surface area (Å²) >= 11 is 0. The van der Waals surface area contributed by atoms with Crippen molar-refractivity contribution >= 4 is 16.8 Å². The zero-order valence-electron chi connectivity index (χ0n) is 11.6. The number of likely N-dealkylation sites (N-methyl/N-ethyl adjacent to an activating group) is 1. The van der Waals surface area contributed by atoms with Gasteiger partial charge in [0, 0.05) is 36.8 Å². The standard InChI is InChI=1S/C16H19N3O/c1-19(15(10-17)11-4-5-11)16(20)13-6-7-14-12(9-13)3-2-8-18-14/h2-3,6-9,11,15H,4-5,10,17H2,1H3. The number of benzene rings is 1. The monoisotopic (exact) mass is 269 g/mol. The minimum atomic E-state index is 0.0399. The summed E-state index contributed by atoms with van der Waals surface area (Å²) in [6.45, 7) is 0.530. The van der Waals surface area contributed by atoms with Gasteiger partial charge in [-0.2, -0.15) is 0 Å². The molecular formula is C16H19N3O. The fourth-order valence-corrected chi connectivity index (χ4v) is 2.71. The highest BCUT2D eigenvalue weighted by Gasteiger charge is 2.35. The van der Waals surface area contributed by atoms with E-state index >= 15 is 0 Å². The van der Waals surface area contributed by atoms with E-state index in [9.17, 15) is 4.79 Å². The van der Waals surface area contributed by atoms with Crippen molar-refractivity contribution < 1.29 is 4.79 Å². The molecular weight excluding hydrogens is 250 g/mol. The Morgan fingerprint density at radius 3 is 2.95 bits per heavy atom. The van der Waals surface area contributed by atoms with Crippen LogP contribution in [0.25, 0.3) is 10.9 Å². The molecule has 1 aromatic carbocycles. The van der Waals surface area contributed by atoms with Crippen LogP contribution in [0.3, 0.4) is 0 Å². The van der Waals surface area contributed by atoms with Gasteiger partial charge in [0.15, 0.2) is 0 Å². The molecule has 2 aromatic rings. The topological polar surface area (TPSA) is 59.2 Å². The highest BCUT2D eigenvalue weighted by Crippen LogP contribution is 2.35. The van der Waals surface area contributed by atoms with Gasteiger partial charge in [0.05, 0.1) is 5.52 Å². The number of nitrogens with two attached hydrogens (primary N) is 1. The number of hydrogen-bond acceptors (Lipinski definition) is 3. The van der Waals surface area contributed by atoms with Crippen LogP contribution in [0.5, 0.6) is 0 Å². The summed E-state index contributed by atoms with van der Waals surface area (Å²) in [5.74, 6) is 0.620. The predicted octanol–water partition coefficient (Wildman–Crippen LogP) is 2.04. The maximum atomic E-state index is 12.6. The molecule has 1 aliphatic rings. The van der Waals surface area contributed by atoms with Gasteiger partial charge in [0.2, 0.25) is 0 Å². The van der Waals surface area contributed by atoms with Crippen molar-refractivity contribution in [2.24, 2.45) is 11.7 Å². The highest BCUT2D eigenvalue weighted by atomic mass is 16.2. The van der Waals surface area contributed by atoms with Crippen LogP contribution in [-0.2, 0) is 0 Å². The van der Waals surface area contributed by atoms with Gasteiger partial charge >= 0.3 is 0 Å². The average Bonchev–Trinajstić information content (AvgIpc) is 3.31. The molecule has 0 aliphatic heterocycles. The molecule has 1 fully saturated rings. The van der Waals surface area contributed by atoms with Gasteiger partial charge in [-0.25, -0.2) is 0 Å². The van der Waals surface area contributed by atoms with Crippen LogP contribution in [-0.4, -0.2) is 35.4 Å². The molecule has 1 heterocycles. The summed E-state index contributed by atoms with van der Waals surface area (Å²) in [5.41, 5.74) is 7.42. The van der Waals surface area contributed by atoms with Crippen molar-refractivity contribution in [1.29, 1.82) is 0 Å². The Morgan fingerprint density at radius 2 is 2.25 bits per heavy atom. The number of fused-ring (bicyclic) bond motifs is 1. The fourth-order valence-electron chi connectivity index (χ4n) is 2.71. The van der Waals surface area contributed by atoms with E-state index in [-0.39, 0.29) is 11.9 Å². The first-order valence-corrected chi connectivity index (χ1v) is 7.02. The molecule has 1 aliphatic carbocycles. The largest absolute Gasteiger partial charge is 0.337 e. The first kappa shape index (κ1) is 13.1. The maximum absolute atomic E-state index is 12.6.